The van der Waals surface area contributed by atoms with Gasteiger partial charge in [0.25, 0.3) is 0 Å². The molecule has 0 aliphatic carbocycles. The van der Waals surface area contributed by atoms with Crippen LogP contribution >= 0.6 is 0 Å². The first kappa shape index (κ1) is 20.1. The van der Waals surface area contributed by atoms with Gasteiger partial charge in [-0.3, -0.25) is 9.98 Å². The highest BCUT2D eigenvalue weighted by atomic mass is 16.3. The molecule has 0 bridgehead atoms. The molecule has 6 rings (SSSR count). The summed E-state index contributed by atoms with van der Waals surface area (Å²) in [4.78, 5) is 9.00. The van der Waals surface area contributed by atoms with Crippen LogP contribution < -0.4 is 10.6 Å². The minimum atomic E-state index is 0.846. The zero-order chi connectivity index (χ0) is 22.0. The fourth-order valence-electron chi connectivity index (χ4n) is 4.67. The third-order valence-electron chi connectivity index (χ3n) is 6.38. The van der Waals surface area contributed by atoms with Crippen molar-refractivity contribution >= 4 is 33.6 Å². The number of unbranched alkanes of at least 4 members (excludes halogenated alkanes) is 2. The molecule has 0 fully saturated rings. The number of nitrogens with one attached hydrogen (secondary N) is 2. The van der Waals surface area contributed by atoms with Crippen LogP contribution in [0.1, 0.15) is 41.9 Å². The number of nitrogens with zero attached hydrogens (tertiary/aromatic N) is 2. The average Bonchev–Trinajstić information content (AvgIpc) is 3.64. The second-order valence-electron chi connectivity index (χ2n) is 8.81. The van der Waals surface area contributed by atoms with Gasteiger partial charge in [-0.2, -0.15) is 0 Å². The van der Waals surface area contributed by atoms with Crippen molar-refractivity contribution in [3.63, 3.8) is 0 Å². The van der Waals surface area contributed by atoms with E-state index >= 15 is 0 Å². The fraction of sp³-hybridized carbons (Fsp3) is 0.333. The van der Waals surface area contributed by atoms with Crippen molar-refractivity contribution in [2.24, 2.45) is 9.98 Å². The number of fused-ring (bicyclic) bond motifs is 2. The maximum Gasteiger partial charge on any atom is 0.135 e. The Morgan fingerprint density at radius 2 is 1.15 bits per heavy atom. The van der Waals surface area contributed by atoms with Gasteiger partial charge >= 0.3 is 0 Å². The third kappa shape index (κ3) is 4.25. The molecular formula is C27H28N4O2. The number of hydrogen-bond acceptors (Lipinski definition) is 6. The molecule has 2 aliphatic heterocycles. The highest BCUT2D eigenvalue weighted by molar-refractivity contribution is 6.02. The van der Waals surface area contributed by atoms with Gasteiger partial charge in [0, 0.05) is 47.8 Å². The summed E-state index contributed by atoms with van der Waals surface area (Å²) in [7, 11) is 0. The smallest absolute Gasteiger partial charge is 0.135 e. The van der Waals surface area contributed by atoms with Crippen molar-refractivity contribution in [2.45, 2.75) is 32.1 Å². The predicted molar refractivity (Wildman–Crippen MR) is 133 cm³/mol. The first-order valence-corrected chi connectivity index (χ1v) is 11.9. The molecule has 6 nitrogen and oxygen atoms in total. The lowest BCUT2D eigenvalue weighted by atomic mass is 10.1. The summed E-state index contributed by atoms with van der Waals surface area (Å²) >= 11 is 0. The highest BCUT2D eigenvalue weighted by Crippen LogP contribution is 2.25. The maximum atomic E-state index is 6.11. The van der Waals surface area contributed by atoms with E-state index in [2.05, 4.69) is 69.1 Å². The Labute approximate surface area is 192 Å². The van der Waals surface area contributed by atoms with Crippen LogP contribution in [0.25, 0.3) is 21.9 Å². The zero-order valence-electron chi connectivity index (χ0n) is 18.7. The van der Waals surface area contributed by atoms with E-state index in [1.807, 2.05) is 0 Å². The van der Waals surface area contributed by atoms with Crippen LogP contribution in [-0.2, 0) is 12.8 Å². The maximum absolute atomic E-state index is 6.11. The molecule has 2 aromatic heterocycles. The summed E-state index contributed by atoms with van der Waals surface area (Å²) < 4.78 is 12.2. The Balaban J connectivity index is 1.02. The number of aliphatic imine (C=N–C) groups is 2. The van der Waals surface area contributed by atoms with E-state index in [1.165, 1.54) is 0 Å². The summed E-state index contributed by atoms with van der Waals surface area (Å²) in [5, 5.41) is 8.97. The van der Waals surface area contributed by atoms with E-state index in [0.29, 0.717) is 0 Å². The highest BCUT2D eigenvalue weighted by Gasteiger charge is 2.12. The Morgan fingerprint density at radius 1 is 0.636 bits per heavy atom. The van der Waals surface area contributed by atoms with Crippen LogP contribution in [-0.4, -0.2) is 37.9 Å². The molecule has 0 saturated heterocycles. The molecule has 4 aromatic rings. The molecule has 0 spiro atoms. The molecule has 33 heavy (non-hydrogen) atoms. The van der Waals surface area contributed by atoms with Gasteiger partial charge in [0.15, 0.2) is 0 Å². The van der Waals surface area contributed by atoms with Crippen LogP contribution in [0.15, 0.2) is 67.4 Å². The van der Waals surface area contributed by atoms with Gasteiger partial charge < -0.3 is 19.5 Å². The topological polar surface area (TPSA) is 75.1 Å². The lowest BCUT2D eigenvalue weighted by molar-refractivity contribution is 0.509. The van der Waals surface area contributed by atoms with Gasteiger partial charge in [-0.05, 0) is 37.1 Å². The summed E-state index contributed by atoms with van der Waals surface area (Å²) in [6.07, 6.45) is 5.28. The first-order chi connectivity index (χ1) is 16.3. The molecule has 4 heterocycles. The van der Waals surface area contributed by atoms with Gasteiger partial charge in [-0.15, -0.1) is 0 Å². The van der Waals surface area contributed by atoms with Crippen LogP contribution in [0.3, 0.4) is 0 Å². The normalized spacial score (nSPS) is 15.6. The van der Waals surface area contributed by atoms with E-state index in [1.54, 1.807) is 0 Å². The van der Waals surface area contributed by atoms with Gasteiger partial charge in [-0.1, -0.05) is 30.7 Å². The van der Waals surface area contributed by atoms with Crippen molar-refractivity contribution < 1.29 is 8.83 Å². The molecule has 2 aliphatic rings. The minimum absolute atomic E-state index is 0.846. The molecule has 6 heteroatoms. The number of furan rings is 2. The molecule has 2 aromatic carbocycles. The second kappa shape index (κ2) is 8.77. The fourth-order valence-corrected chi connectivity index (χ4v) is 4.67. The van der Waals surface area contributed by atoms with E-state index < -0.39 is 0 Å². The van der Waals surface area contributed by atoms with E-state index in [9.17, 15) is 0 Å². The number of benzene rings is 2. The van der Waals surface area contributed by atoms with Crippen molar-refractivity contribution in [2.75, 3.05) is 26.2 Å². The van der Waals surface area contributed by atoms with Crippen LogP contribution in [0, 0.1) is 0 Å². The summed E-state index contributed by atoms with van der Waals surface area (Å²) in [6, 6.07) is 17.0. The van der Waals surface area contributed by atoms with E-state index in [4.69, 9.17) is 8.83 Å². The van der Waals surface area contributed by atoms with Crippen molar-refractivity contribution in [1.29, 1.82) is 0 Å². The molecule has 168 valence electrons. The van der Waals surface area contributed by atoms with E-state index in [0.717, 1.165) is 115 Å². The molecule has 0 radical (unpaired) electrons. The lowest BCUT2D eigenvalue weighted by Gasteiger charge is -2.01. The first-order valence-electron chi connectivity index (χ1n) is 11.9. The average molecular weight is 441 g/mol. The number of aryl methyl sites for hydroxylation is 2. The van der Waals surface area contributed by atoms with Gasteiger partial charge in [0.05, 0.1) is 13.1 Å². The van der Waals surface area contributed by atoms with E-state index in [-0.39, 0.29) is 0 Å². The molecule has 0 saturated carbocycles. The summed E-state index contributed by atoms with van der Waals surface area (Å²) in [5.74, 6) is 4.06. The SMILES string of the molecule is c1cc2cc(CCCCCc3cc4ccc(C5=NCCN5)cc4o3)oc2cc1C1=NCCN1. The van der Waals surface area contributed by atoms with Gasteiger partial charge in [-0.25, -0.2) is 0 Å². The number of rotatable bonds is 8. The Hall–Kier alpha value is -3.54. The summed E-state index contributed by atoms with van der Waals surface area (Å²) in [5.41, 5.74) is 4.09. The third-order valence-corrected chi connectivity index (χ3v) is 6.38. The lowest BCUT2D eigenvalue weighted by Crippen LogP contribution is -2.19. The van der Waals surface area contributed by atoms with Gasteiger partial charge in [0.1, 0.15) is 34.4 Å². The Kier molecular flexibility index (Phi) is 5.34. The van der Waals surface area contributed by atoms with Crippen LogP contribution in [0.5, 0.6) is 0 Å². The Morgan fingerprint density at radius 3 is 1.61 bits per heavy atom. The van der Waals surface area contributed by atoms with Crippen molar-refractivity contribution in [3.8, 4) is 0 Å². The van der Waals surface area contributed by atoms with Crippen molar-refractivity contribution in [3.05, 3.63) is 71.2 Å². The Bertz CT molecular complexity index is 1260. The quantitative estimate of drug-likeness (QED) is 0.385. The molecule has 0 unspecified atom stereocenters. The second-order valence-corrected chi connectivity index (χ2v) is 8.81. The zero-order valence-corrected chi connectivity index (χ0v) is 18.7. The largest absolute Gasteiger partial charge is 0.461 e. The predicted octanol–water partition coefficient (Wildman–Crippen LogP) is 4.83. The summed E-state index contributed by atoms with van der Waals surface area (Å²) in [6.45, 7) is 3.52. The number of hydrogen-bond donors (Lipinski definition) is 2. The van der Waals surface area contributed by atoms with Crippen molar-refractivity contribution in [1.82, 2.24) is 10.6 Å². The standard InChI is InChI=1S/C27H28N4O2/c1(2-4-22-14-18-6-8-20(16-24(18)32-22)26-28-10-11-29-26)3-5-23-15-19-7-9-21(17-25(19)33-23)27-30-12-13-31-27/h6-9,14-17H,1-5,10-13H2,(H,28,29)(H,30,31). The van der Waals surface area contributed by atoms with Crippen LogP contribution in [0.2, 0.25) is 0 Å². The molecule has 0 atom stereocenters. The molecule has 0 amide bonds. The number of amidine groups is 2. The molecular weight excluding hydrogens is 412 g/mol. The molecule has 2 N–H and O–H groups in total. The minimum Gasteiger partial charge on any atom is -0.461 e. The van der Waals surface area contributed by atoms with Crippen LogP contribution in [0.4, 0.5) is 0 Å². The van der Waals surface area contributed by atoms with Gasteiger partial charge in [0.2, 0.25) is 0 Å². The monoisotopic (exact) mass is 440 g/mol.